The lowest BCUT2D eigenvalue weighted by Gasteiger charge is -2.12. The molecule has 104 valence electrons. The third kappa shape index (κ3) is 4.45. The zero-order chi connectivity index (χ0) is 14.2. The fourth-order valence-electron chi connectivity index (χ4n) is 1.91. The number of hydrogen-bond acceptors (Lipinski definition) is 4. The van der Waals surface area contributed by atoms with Crippen LogP contribution in [0.2, 0.25) is 0 Å². The Kier molecular flexibility index (Phi) is 5.22. The van der Waals surface area contributed by atoms with Gasteiger partial charge in [-0.3, -0.25) is 0 Å². The highest BCUT2D eigenvalue weighted by atomic mass is 16.5. The Morgan fingerprint density at radius 3 is 2.75 bits per heavy atom. The number of nitrogens with one attached hydrogen (secondary N) is 1. The highest BCUT2D eigenvalue weighted by molar-refractivity contribution is 5.27. The average molecular weight is 270 g/mol. The zero-order valence-electron chi connectivity index (χ0n) is 11.5. The summed E-state index contributed by atoms with van der Waals surface area (Å²) in [4.78, 5) is 0. The second-order valence-corrected chi connectivity index (χ2v) is 4.66. The largest absolute Gasteiger partial charge is 0.479 e. The fourth-order valence-corrected chi connectivity index (χ4v) is 1.91. The van der Waals surface area contributed by atoms with Crippen LogP contribution in [-0.4, -0.2) is 12.6 Å². The molecule has 1 atom stereocenters. The smallest absolute Gasteiger partial charge is 0.174 e. The van der Waals surface area contributed by atoms with E-state index in [0.29, 0.717) is 6.04 Å². The van der Waals surface area contributed by atoms with E-state index in [1.54, 1.807) is 6.26 Å². The molecule has 0 bridgehead atoms. The molecule has 4 heteroatoms. The van der Waals surface area contributed by atoms with Crippen LogP contribution in [0.3, 0.4) is 0 Å². The lowest BCUT2D eigenvalue weighted by molar-refractivity contribution is 0.368. The molecule has 1 unspecified atom stereocenters. The highest BCUT2D eigenvalue weighted by Crippen LogP contribution is 2.12. The van der Waals surface area contributed by atoms with Crippen molar-refractivity contribution in [3.05, 3.63) is 54.0 Å². The zero-order valence-corrected chi connectivity index (χ0v) is 11.5. The van der Waals surface area contributed by atoms with E-state index < -0.39 is 0 Å². The molecule has 0 spiro atoms. The van der Waals surface area contributed by atoms with Gasteiger partial charge in [0.2, 0.25) is 0 Å². The van der Waals surface area contributed by atoms with Crippen LogP contribution in [0.1, 0.15) is 18.2 Å². The Labute approximate surface area is 119 Å². The van der Waals surface area contributed by atoms with Crippen LogP contribution in [-0.2, 0) is 13.0 Å². The lowest BCUT2D eigenvalue weighted by atomic mass is 10.1. The van der Waals surface area contributed by atoms with Gasteiger partial charge in [-0.15, -0.1) is 0 Å². The van der Waals surface area contributed by atoms with E-state index >= 15 is 0 Å². The molecule has 1 N–H and O–H groups in total. The van der Waals surface area contributed by atoms with E-state index in [1.165, 1.54) is 5.56 Å². The number of benzene rings is 1. The van der Waals surface area contributed by atoms with Crippen LogP contribution in [0.25, 0.3) is 0 Å². The molecule has 0 radical (unpaired) electrons. The first-order chi connectivity index (χ1) is 9.78. The number of hydrogen-bond donors (Lipinski definition) is 1. The summed E-state index contributed by atoms with van der Waals surface area (Å²) in [5.41, 5.74) is 1.18. The first kappa shape index (κ1) is 14.2. The lowest BCUT2D eigenvalue weighted by Crippen LogP contribution is -2.27. The summed E-state index contributed by atoms with van der Waals surface area (Å²) in [6, 6.07) is 13.9. The fraction of sp³-hybridized carbons (Fsp3) is 0.312. The minimum Gasteiger partial charge on any atom is -0.479 e. The number of furan rings is 1. The highest BCUT2D eigenvalue weighted by Gasteiger charge is 2.05. The van der Waals surface area contributed by atoms with Crippen LogP contribution in [0.15, 0.2) is 47.1 Å². The minimum atomic E-state index is 0.0811. The van der Waals surface area contributed by atoms with Gasteiger partial charge in [0.25, 0.3) is 0 Å². The molecule has 1 aromatic heterocycles. The molecule has 2 aromatic rings. The molecule has 0 fully saturated rings. The molecule has 0 aliphatic rings. The van der Waals surface area contributed by atoms with Crippen molar-refractivity contribution in [1.29, 1.82) is 5.26 Å². The molecule has 0 aliphatic heterocycles. The van der Waals surface area contributed by atoms with Gasteiger partial charge >= 0.3 is 0 Å². The minimum absolute atomic E-state index is 0.0811. The van der Waals surface area contributed by atoms with Crippen molar-refractivity contribution in [2.45, 2.75) is 25.9 Å². The Morgan fingerprint density at radius 1 is 1.30 bits per heavy atom. The summed E-state index contributed by atoms with van der Waals surface area (Å²) < 4.78 is 10.5. The van der Waals surface area contributed by atoms with Crippen molar-refractivity contribution >= 4 is 0 Å². The Bertz CT molecular complexity index is 541. The Balaban J connectivity index is 1.77. The van der Waals surface area contributed by atoms with Crippen molar-refractivity contribution in [2.24, 2.45) is 0 Å². The number of nitrogens with zero attached hydrogens (tertiary/aromatic N) is 1. The first-order valence-electron chi connectivity index (χ1n) is 6.62. The molecule has 2 rings (SSSR count). The SMILES string of the molecule is CC(Cc1ccco1)NCc1ccc(OCC#N)cc1. The summed E-state index contributed by atoms with van der Waals surface area (Å²) >= 11 is 0. The van der Waals surface area contributed by atoms with Crippen LogP contribution < -0.4 is 10.1 Å². The van der Waals surface area contributed by atoms with Crippen molar-refractivity contribution in [1.82, 2.24) is 5.32 Å². The predicted molar refractivity (Wildman–Crippen MR) is 76.3 cm³/mol. The van der Waals surface area contributed by atoms with E-state index in [1.807, 2.05) is 42.5 Å². The van der Waals surface area contributed by atoms with Crippen LogP contribution in [0.5, 0.6) is 5.75 Å². The first-order valence-corrected chi connectivity index (χ1v) is 6.62. The Hall–Kier alpha value is -2.25. The van der Waals surface area contributed by atoms with Crippen molar-refractivity contribution in [2.75, 3.05) is 6.61 Å². The maximum Gasteiger partial charge on any atom is 0.174 e. The molecule has 0 aliphatic carbocycles. The maximum absolute atomic E-state index is 8.44. The second kappa shape index (κ2) is 7.37. The maximum atomic E-state index is 8.44. The van der Waals surface area contributed by atoms with Gasteiger partial charge in [-0.1, -0.05) is 12.1 Å². The van der Waals surface area contributed by atoms with Gasteiger partial charge in [0.05, 0.1) is 6.26 Å². The number of ether oxygens (including phenoxy) is 1. The molecule has 0 saturated heterocycles. The molecular weight excluding hydrogens is 252 g/mol. The molecular formula is C16H18N2O2. The average Bonchev–Trinajstić information content (AvgIpc) is 2.97. The quantitative estimate of drug-likeness (QED) is 0.840. The number of rotatable bonds is 7. The molecule has 20 heavy (non-hydrogen) atoms. The summed E-state index contributed by atoms with van der Waals surface area (Å²) in [6.07, 6.45) is 2.57. The van der Waals surface area contributed by atoms with Crippen molar-refractivity contribution in [3.8, 4) is 11.8 Å². The molecule has 0 saturated carbocycles. The molecule has 0 amide bonds. The molecule has 1 heterocycles. The summed E-state index contributed by atoms with van der Waals surface area (Å²) in [7, 11) is 0. The van der Waals surface area contributed by atoms with Crippen molar-refractivity contribution < 1.29 is 9.15 Å². The topological polar surface area (TPSA) is 58.2 Å². The number of nitriles is 1. The van der Waals surface area contributed by atoms with Gasteiger partial charge in [0.1, 0.15) is 17.6 Å². The Morgan fingerprint density at radius 2 is 2.10 bits per heavy atom. The van der Waals surface area contributed by atoms with E-state index in [9.17, 15) is 0 Å². The standard InChI is InChI=1S/C16H18N2O2/c1-13(11-16-3-2-9-19-16)18-12-14-4-6-15(7-5-14)20-10-8-17/h2-7,9,13,18H,10-12H2,1H3. The van der Waals surface area contributed by atoms with Gasteiger partial charge in [-0.2, -0.15) is 5.26 Å². The van der Waals surface area contributed by atoms with E-state index in [0.717, 1.165) is 24.5 Å². The van der Waals surface area contributed by atoms with Crippen molar-refractivity contribution in [3.63, 3.8) is 0 Å². The van der Waals surface area contributed by atoms with Gasteiger partial charge in [-0.25, -0.2) is 0 Å². The third-order valence-electron chi connectivity index (χ3n) is 2.97. The van der Waals surface area contributed by atoms with Gasteiger partial charge in [0, 0.05) is 19.0 Å². The van der Waals surface area contributed by atoms with Gasteiger partial charge in [0.15, 0.2) is 6.61 Å². The third-order valence-corrected chi connectivity index (χ3v) is 2.97. The second-order valence-electron chi connectivity index (χ2n) is 4.66. The van der Waals surface area contributed by atoms with E-state index in [2.05, 4.69) is 12.2 Å². The predicted octanol–water partition coefficient (Wildman–Crippen LogP) is 2.90. The molecule has 4 nitrogen and oxygen atoms in total. The van der Waals surface area contributed by atoms with Crippen LogP contribution in [0.4, 0.5) is 0 Å². The summed E-state index contributed by atoms with van der Waals surface area (Å²) in [6.45, 7) is 3.01. The summed E-state index contributed by atoms with van der Waals surface area (Å²) in [5.74, 6) is 1.71. The summed E-state index contributed by atoms with van der Waals surface area (Å²) in [5, 5.41) is 11.9. The molecule has 1 aromatic carbocycles. The van der Waals surface area contributed by atoms with Gasteiger partial charge < -0.3 is 14.5 Å². The van der Waals surface area contributed by atoms with Crippen LogP contribution in [0, 0.1) is 11.3 Å². The monoisotopic (exact) mass is 270 g/mol. The van der Waals surface area contributed by atoms with E-state index in [-0.39, 0.29) is 6.61 Å². The normalized spacial score (nSPS) is 11.8. The van der Waals surface area contributed by atoms with Crippen LogP contribution >= 0.6 is 0 Å². The van der Waals surface area contributed by atoms with E-state index in [4.69, 9.17) is 14.4 Å². The van der Waals surface area contributed by atoms with Gasteiger partial charge in [-0.05, 0) is 36.8 Å².